The van der Waals surface area contributed by atoms with Crippen molar-refractivity contribution in [3.05, 3.63) is 35.6 Å². The van der Waals surface area contributed by atoms with Gasteiger partial charge in [-0.2, -0.15) is 0 Å². The van der Waals surface area contributed by atoms with E-state index in [2.05, 4.69) is 5.32 Å². The van der Waals surface area contributed by atoms with Gasteiger partial charge in [0.05, 0.1) is 0 Å². The van der Waals surface area contributed by atoms with Gasteiger partial charge in [0.2, 0.25) is 0 Å². The molecule has 0 amide bonds. The number of nitrogens with one attached hydrogen (secondary N) is 1. The van der Waals surface area contributed by atoms with Crippen LogP contribution in [0, 0.1) is 5.82 Å². The molecule has 0 spiro atoms. The topological polar surface area (TPSA) is 21.3 Å². The van der Waals surface area contributed by atoms with Crippen LogP contribution in [-0.4, -0.2) is 26.3 Å². The molecule has 2 nitrogen and oxygen atoms in total. The summed E-state index contributed by atoms with van der Waals surface area (Å²) in [5, 5.41) is 3.56. The molecule has 19 heavy (non-hydrogen) atoms. The third-order valence-corrected chi connectivity index (χ3v) is 3.70. The van der Waals surface area contributed by atoms with Gasteiger partial charge in [-0.15, -0.1) is 0 Å². The van der Waals surface area contributed by atoms with E-state index in [1.54, 1.807) is 13.2 Å². The summed E-state index contributed by atoms with van der Waals surface area (Å²) in [5.41, 5.74) is 1.12. The van der Waals surface area contributed by atoms with Crippen LogP contribution in [0.3, 0.4) is 0 Å². The SMILES string of the molecule is COCCCCC(CNC1CC1)c1cccc(F)c1. The molecule has 0 aliphatic heterocycles. The van der Waals surface area contributed by atoms with Gasteiger partial charge >= 0.3 is 0 Å². The summed E-state index contributed by atoms with van der Waals surface area (Å²) < 4.78 is 18.4. The number of ether oxygens (including phenoxy) is 1. The van der Waals surface area contributed by atoms with Crippen molar-refractivity contribution in [2.24, 2.45) is 0 Å². The molecule has 1 aromatic carbocycles. The second kappa shape index (κ2) is 7.61. The Bertz CT molecular complexity index is 379. The maximum atomic E-state index is 13.3. The lowest BCUT2D eigenvalue weighted by Crippen LogP contribution is -2.23. The molecule has 106 valence electrons. The van der Waals surface area contributed by atoms with Crippen molar-refractivity contribution in [3.63, 3.8) is 0 Å². The third-order valence-electron chi connectivity index (χ3n) is 3.70. The number of halogens is 1. The quantitative estimate of drug-likeness (QED) is 0.690. The maximum Gasteiger partial charge on any atom is 0.123 e. The van der Waals surface area contributed by atoms with Crippen LogP contribution in [-0.2, 0) is 4.74 Å². The van der Waals surface area contributed by atoms with Crippen molar-refractivity contribution in [1.82, 2.24) is 5.32 Å². The zero-order chi connectivity index (χ0) is 13.5. The summed E-state index contributed by atoms with van der Waals surface area (Å²) in [5.74, 6) is 0.277. The Morgan fingerprint density at radius 3 is 2.89 bits per heavy atom. The van der Waals surface area contributed by atoms with E-state index in [0.717, 1.165) is 38.0 Å². The molecule has 1 N–H and O–H groups in total. The molecule has 1 aliphatic carbocycles. The van der Waals surface area contributed by atoms with Gasteiger partial charge in [0.1, 0.15) is 5.82 Å². The normalized spacial score (nSPS) is 16.5. The van der Waals surface area contributed by atoms with Crippen LogP contribution in [0.4, 0.5) is 4.39 Å². The second-order valence-electron chi connectivity index (χ2n) is 5.42. The molecule has 1 aromatic rings. The Kier molecular flexibility index (Phi) is 5.80. The van der Waals surface area contributed by atoms with Gasteiger partial charge < -0.3 is 10.1 Å². The number of hydrogen-bond acceptors (Lipinski definition) is 2. The zero-order valence-corrected chi connectivity index (χ0v) is 11.7. The van der Waals surface area contributed by atoms with Crippen LogP contribution in [0.15, 0.2) is 24.3 Å². The van der Waals surface area contributed by atoms with E-state index >= 15 is 0 Å². The molecule has 3 heteroatoms. The minimum Gasteiger partial charge on any atom is -0.385 e. The van der Waals surface area contributed by atoms with E-state index in [1.165, 1.54) is 18.9 Å². The summed E-state index contributed by atoms with van der Waals surface area (Å²) in [4.78, 5) is 0. The van der Waals surface area contributed by atoms with Crippen LogP contribution < -0.4 is 5.32 Å². The Labute approximate surface area is 115 Å². The number of hydrogen-bond donors (Lipinski definition) is 1. The maximum absolute atomic E-state index is 13.3. The predicted octanol–water partition coefficient (Wildman–Crippen LogP) is 3.48. The lowest BCUT2D eigenvalue weighted by atomic mass is 9.93. The van der Waals surface area contributed by atoms with Gasteiger partial charge in [0.25, 0.3) is 0 Å². The lowest BCUT2D eigenvalue weighted by molar-refractivity contribution is 0.191. The molecule has 2 rings (SSSR count). The van der Waals surface area contributed by atoms with E-state index in [-0.39, 0.29) is 5.82 Å². The molecule has 0 heterocycles. The average Bonchev–Trinajstić information content (AvgIpc) is 3.22. The largest absolute Gasteiger partial charge is 0.385 e. The van der Waals surface area contributed by atoms with Gasteiger partial charge in [-0.3, -0.25) is 0 Å². The first-order valence-corrected chi connectivity index (χ1v) is 7.27. The molecule has 1 unspecified atom stereocenters. The van der Waals surface area contributed by atoms with Gasteiger partial charge in [0.15, 0.2) is 0 Å². The molecule has 0 radical (unpaired) electrons. The molecule has 1 aliphatic rings. The number of benzene rings is 1. The Morgan fingerprint density at radius 2 is 2.21 bits per heavy atom. The molecule has 1 atom stereocenters. The van der Waals surface area contributed by atoms with Crippen molar-refractivity contribution < 1.29 is 9.13 Å². The average molecular weight is 265 g/mol. The molecule has 0 bridgehead atoms. The summed E-state index contributed by atoms with van der Waals surface area (Å²) in [6.45, 7) is 1.77. The molecule has 0 aromatic heterocycles. The van der Waals surface area contributed by atoms with Crippen molar-refractivity contribution in [2.45, 2.75) is 44.1 Å². The standard InChI is InChI=1S/C16H24FNO/c1-19-10-3-2-5-14(12-18-16-8-9-16)13-6-4-7-15(17)11-13/h4,6-7,11,14,16,18H,2-3,5,8-10,12H2,1H3. The van der Waals surface area contributed by atoms with E-state index in [0.29, 0.717) is 12.0 Å². The third kappa shape index (κ3) is 5.29. The van der Waals surface area contributed by atoms with Crippen molar-refractivity contribution >= 4 is 0 Å². The minimum atomic E-state index is -0.134. The van der Waals surface area contributed by atoms with Crippen LogP contribution in [0.5, 0.6) is 0 Å². The summed E-state index contributed by atoms with van der Waals surface area (Å²) in [6, 6.07) is 7.74. The molecule has 1 fully saturated rings. The fourth-order valence-electron chi connectivity index (χ4n) is 2.38. The first-order chi connectivity index (χ1) is 9.29. The van der Waals surface area contributed by atoms with Crippen LogP contribution in [0.2, 0.25) is 0 Å². The number of unbranched alkanes of at least 4 members (excludes halogenated alkanes) is 1. The Morgan fingerprint density at radius 1 is 1.37 bits per heavy atom. The fourth-order valence-corrected chi connectivity index (χ4v) is 2.38. The second-order valence-corrected chi connectivity index (χ2v) is 5.42. The fraction of sp³-hybridized carbons (Fsp3) is 0.625. The smallest absolute Gasteiger partial charge is 0.123 e. The summed E-state index contributed by atoms with van der Waals surface area (Å²) >= 11 is 0. The Balaban J connectivity index is 1.87. The van der Waals surface area contributed by atoms with E-state index in [4.69, 9.17) is 4.74 Å². The summed E-state index contributed by atoms with van der Waals surface area (Å²) in [6.07, 6.45) is 5.87. The van der Waals surface area contributed by atoms with Gasteiger partial charge in [-0.1, -0.05) is 18.6 Å². The first kappa shape index (κ1) is 14.5. The van der Waals surface area contributed by atoms with Crippen LogP contribution in [0.25, 0.3) is 0 Å². The lowest BCUT2D eigenvalue weighted by Gasteiger charge is -2.18. The van der Waals surface area contributed by atoms with Crippen LogP contribution >= 0.6 is 0 Å². The zero-order valence-electron chi connectivity index (χ0n) is 11.7. The predicted molar refractivity (Wildman–Crippen MR) is 75.9 cm³/mol. The Hall–Kier alpha value is -0.930. The minimum absolute atomic E-state index is 0.134. The molecule has 0 saturated heterocycles. The van der Waals surface area contributed by atoms with Crippen molar-refractivity contribution in [3.8, 4) is 0 Å². The molecular weight excluding hydrogens is 241 g/mol. The number of methoxy groups -OCH3 is 1. The highest BCUT2D eigenvalue weighted by Crippen LogP contribution is 2.25. The van der Waals surface area contributed by atoms with Gasteiger partial charge in [0, 0.05) is 26.3 Å². The first-order valence-electron chi connectivity index (χ1n) is 7.27. The molecular formula is C16H24FNO. The highest BCUT2D eigenvalue weighted by Gasteiger charge is 2.22. The highest BCUT2D eigenvalue weighted by molar-refractivity contribution is 5.21. The summed E-state index contributed by atoms with van der Waals surface area (Å²) in [7, 11) is 1.73. The van der Waals surface area contributed by atoms with E-state index in [1.807, 2.05) is 12.1 Å². The van der Waals surface area contributed by atoms with Gasteiger partial charge in [-0.05, 0) is 49.3 Å². The monoisotopic (exact) mass is 265 g/mol. The van der Waals surface area contributed by atoms with Crippen molar-refractivity contribution in [2.75, 3.05) is 20.3 Å². The number of rotatable bonds is 9. The highest BCUT2D eigenvalue weighted by atomic mass is 19.1. The van der Waals surface area contributed by atoms with Crippen LogP contribution in [0.1, 0.15) is 43.6 Å². The van der Waals surface area contributed by atoms with E-state index in [9.17, 15) is 4.39 Å². The van der Waals surface area contributed by atoms with Crippen molar-refractivity contribution in [1.29, 1.82) is 0 Å². The van der Waals surface area contributed by atoms with E-state index < -0.39 is 0 Å². The molecule has 1 saturated carbocycles. The van der Waals surface area contributed by atoms with Gasteiger partial charge in [-0.25, -0.2) is 4.39 Å².